The van der Waals surface area contributed by atoms with Gasteiger partial charge in [-0.2, -0.15) is 0 Å². The van der Waals surface area contributed by atoms with Gasteiger partial charge in [0.2, 0.25) is 0 Å². The molecule has 1 amide bonds. The van der Waals surface area contributed by atoms with Crippen molar-refractivity contribution in [3.63, 3.8) is 0 Å². The number of piperidine rings is 1. The van der Waals surface area contributed by atoms with Crippen LogP contribution in [0.2, 0.25) is 5.02 Å². The fourth-order valence-electron chi connectivity index (χ4n) is 3.51. The summed E-state index contributed by atoms with van der Waals surface area (Å²) < 4.78 is 23.5. The van der Waals surface area contributed by atoms with Crippen molar-refractivity contribution in [3.05, 3.63) is 64.7 Å². The largest absolute Gasteiger partial charge is 0.339 e. The first-order valence-electron chi connectivity index (χ1n) is 9.17. The molecule has 6 heteroatoms. The summed E-state index contributed by atoms with van der Waals surface area (Å²) in [6.07, 6.45) is 5.23. The second-order valence-corrected chi connectivity index (χ2v) is 9.60. The molecule has 0 saturated carbocycles. The minimum Gasteiger partial charge on any atom is -0.339 e. The van der Waals surface area contributed by atoms with Crippen LogP contribution in [0.15, 0.2) is 53.4 Å². The Hall–Kier alpha value is -1.85. The number of likely N-dealkylation sites (tertiary alicyclic amines) is 1. The van der Waals surface area contributed by atoms with Gasteiger partial charge in [-0.15, -0.1) is 0 Å². The number of aryl methyl sites for hydroxylation is 1. The van der Waals surface area contributed by atoms with Crippen molar-refractivity contribution in [1.82, 2.24) is 4.90 Å². The fourth-order valence-corrected chi connectivity index (χ4v) is 4.36. The van der Waals surface area contributed by atoms with Gasteiger partial charge >= 0.3 is 0 Å². The van der Waals surface area contributed by atoms with Crippen LogP contribution in [0, 0.1) is 5.92 Å². The van der Waals surface area contributed by atoms with Gasteiger partial charge in [0.25, 0.3) is 5.91 Å². The number of rotatable bonds is 5. The third kappa shape index (κ3) is 5.11. The number of benzene rings is 2. The Morgan fingerprint density at radius 1 is 1.11 bits per heavy atom. The molecule has 3 rings (SSSR count). The lowest BCUT2D eigenvalue weighted by molar-refractivity contribution is 0.0687. The van der Waals surface area contributed by atoms with Gasteiger partial charge < -0.3 is 4.90 Å². The highest BCUT2D eigenvalue weighted by atomic mass is 35.5. The fraction of sp³-hybridized carbons (Fsp3) is 0.381. The van der Waals surface area contributed by atoms with Crippen molar-refractivity contribution in [2.24, 2.45) is 5.92 Å². The number of amides is 1. The molecule has 1 aliphatic heterocycles. The average Bonchev–Trinajstić information content (AvgIpc) is 2.66. The third-order valence-electron chi connectivity index (χ3n) is 5.18. The summed E-state index contributed by atoms with van der Waals surface area (Å²) in [5.41, 5.74) is 1.61. The van der Waals surface area contributed by atoms with Crippen LogP contribution in [-0.4, -0.2) is 38.6 Å². The van der Waals surface area contributed by atoms with Crippen LogP contribution in [0.3, 0.4) is 0 Å². The van der Waals surface area contributed by atoms with Crippen LogP contribution in [0.1, 0.15) is 35.2 Å². The molecule has 1 aliphatic rings. The minimum absolute atomic E-state index is 0.119. The van der Waals surface area contributed by atoms with E-state index in [0.29, 0.717) is 24.0 Å². The van der Waals surface area contributed by atoms with Gasteiger partial charge in [-0.25, -0.2) is 8.42 Å². The predicted octanol–water partition coefficient (Wildman–Crippen LogP) is 4.23. The van der Waals surface area contributed by atoms with Crippen LogP contribution in [0.4, 0.5) is 0 Å². The molecule has 0 atom stereocenters. The highest BCUT2D eigenvalue weighted by Gasteiger charge is 2.25. The summed E-state index contributed by atoms with van der Waals surface area (Å²) in [6, 6.07) is 14.8. The maximum absolute atomic E-state index is 12.8. The van der Waals surface area contributed by atoms with Crippen LogP contribution in [0.25, 0.3) is 0 Å². The Bertz CT molecular complexity index is 904. The van der Waals surface area contributed by atoms with E-state index in [1.807, 2.05) is 6.07 Å². The van der Waals surface area contributed by atoms with E-state index in [0.717, 1.165) is 31.9 Å². The monoisotopic (exact) mass is 405 g/mol. The lowest BCUT2D eigenvalue weighted by Gasteiger charge is -2.32. The molecule has 1 heterocycles. The Labute approximate surface area is 166 Å². The van der Waals surface area contributed by atoms with Crippen LogP contribution >= 0.6 is 11.6 Å². The van der Waals surface area contributed by atoms with Gasteiger partial charge in [0.05, 0.1) is 15.5 Å². The van der Waals surface area contributed by atoms with Gasteiger partial charge in [0.15, 0.2) is 9.84 Å². The van der Waals surface area contributed by atoms with Gasteiger partial charge in [0.1, 0.15) is 0 Å². The normalized spacial score (nSPS) is 15.7. The van der Waals surface area contributed by atoms with Gasteiger partial charge in [-0.05, 0) is 55.4 Å². The van der Waals surface area contributed by atoms with Gasteiger partial charge in [-0.1, -0.05) is 41.9 Å². The Kier molecular flexibility index (Phi) is 6.22. The topological polar surface area (TPSA) is 54.5 Å². The Morgan fingerprint density at radius 3 is 2.41 bits per heavy atom. The maximum Gasteiger partial charge on any atom is 0.255 e. The minimum atomic E-state index is -3.38. The molecule has 0 N–H and O–H groups in total. The summed E-state index contributed by atoms with van der Waals surface area (Å²) >= 11 is 6.16. The van der Waals surface area contributed by atoms with E-state index >= 15 is 0 Å². The van der Waals surface area contributed by atoms with Crippen molar-refractivity contribution in [3.8, 4) is 0 Å². The van der Waals surface area contributed by atoms with E-state index < -0.39 is 9.84 Å². The number of carbonyl (C=O) groups excluding carboxylic acids is 1. The highest BCUT2D eigenvalue weighted by molar-refractivity contribution is 7.90. The van der Waals surface area contributed by atoms with Crippen molar-refractivity contribution < 1.29 is 13.2 Å². The van der Waals surface area contributed by atoms with E-state index in [9.17, 15) is 13.2 Å². The summed E-state index contributed by atoms with van der Waals surface area (Å²) in [4.78, 5) is 14.7. The van der Waals surface area contributed by atoms with Crippen molar-refractivity contribution in [2.45, 2.75) is 30.6 Å². The summed E-state index contributed by atoms with van der Waals surface area (Å²) in [6.45, 7) is 1.36. The molecule has 0 aromatic heterocycles. The number of carbonyl (C=O) groups is 1. The predicted molar refractivity (Wildman–Crippen MR) is 108 cm³/mol. The molecule has 0 aliphatic carbocycles. The SMILES string of the molecule is CS(=O)(=O)c1ccc(Cl)c(C(=O)N2CCC(CCc3ccccc3)CC2)c1. The summed E-state index contributed by atoms with van der Waals surface area (Å²) in [5, 5.41) is 0.290. The molecule has 0 unspecified atom stereocenters. The molecule has 0 radical (unpaired) electrons. The van der Waals surface area contributed by atoms with E-state index in [4.69, 9.17) is 11.6 Å². The second-order valence-electron chi connectivity index (χ2n) is 7.17. The van der Waals surface area contributed by atoms with Crippen LogP contribution in [0.5, 0.6) is 0 Å². The number of nitrogens with zero attached hydrogens (tertiary/aromatic N) is 1. The molecule has 0 spiro atoms. The zero-order valence-corrected chi connectivity index (χ0v) is 17.0. The van der Waals surface area contributed by atoms with Gasteiger partial charge in [-0.3, -0.25) is 4.79 Å². The average molecular weight is 406 g/mol. The van der Waals surface area contributed by atoms with Crippen LogP contribution < -0.4 is 0 Å². The highest BCUT2D eigenvalue weighted by Crippen LogP contribution is 2.26. The Morgan fingerprint density at radius 2 is 1.78 bits per heavy atom. The number of sulfone groups is 1. The molecule has 144 valence electrons. The molecular formula is C21H24ClNO3S. The molecule has 2 aromatic rings. The first kappa shape index (κ1) is 19.9. The Balaban J connectivity index is 1.60. The van der Waals surface area contributed by atoms with Crippen molar-refractivity contribution >= 4 is 27.3 Å². The number of hydrogen-bond donors (Lipinski definition) is 0. The molecule has 2 aromatic carbocycles. The summed E-state index contributed by atoms with van der Waals surface area (Å²) in [7, 11) is -3.38. The lowest BCUT2D eigenvalue weighted by atomic mass is 9.90. The molecule has 0 bridgehead atoms. The smallest absolute Gasteiger partial charge is 0.255 e. The third-order valence-corrected chi connectivity index (χ3v) is 6.62. The molecule has 1 saturated heterocycles. The second kappa shape index (κ2) is 8.44. The van der Waals surface area contributed by atoms with E-state index in [2.05, 4.69) is 24.3 Å². The standard InChI is InChI=1S/C21H24ClNO3S/c1-27(25,26)18-9-10-20(22)19(15-18)21(24)23-13-11-17(12-14-23)8-7-16-5-3-2-4-6-16/h2-6,9-10,15,17H,7-8,11-14H2,1H3. The first-order chi connectivity index (χ1) is 12.8. The lowest BCUT2D eigenvalue weighted by Crippen LogP contribution is -2.38. The van der Waals surface area contributed by atoms with E-state index in [1.165, 1.54) is 23.8 Å². The van der Waals surface area contributed by atoms with Crippen molar-refractivity contribution in [2.75, 3.05) is 19.3 Å². The number of halogens is 1. The van der Waals surface area contributed by atoms with E-state index in [-0.39, 0.29) is 16.4 Å². The zero-order chi connectivity index (χ0) is 19.4. The maximum atomic E-state index is 12.8. The number of hydrogen-bond acceptors (Lipinski definition) is 3. The van der Waals surface area contributed by atoms with Crippen LogP contribution in [-0.2, 0) is 16.3 Å². The quantitative estimate of drug-likeness (QED) is 0.748. The molecule has 4 nitrogen and oxygen atoms in total. The molecule has 27 heavy (non-hydrogen) atoms. The first-order valence-corrected chi connectivity index (χ1v) is 11.4. The summed E-state index contributed by atoms with van der Waals surface area (Å²) in [5.74, 6) is 0.416. The molecule has 1 fully saturated rings. The van der Waals surface area contributed by atoms with E-state index in [1.54, 1.807) is 4.90 Å². The van der Waals surface area contributed by atoms with Crippen molar-refractivity contribution in [1.29, 1.82) is 0 Å². The molecular weight excluding hydrogens is 382 g/mol. The zero-order valence-electron chi connectivity index (χ0n) is 15.4. The van der Waals surface area contributed by atoms with Gasteiger partial charge in [0, 0.05) is 19.3 Å².